The van der Waals surface area contributed by atoms with Crippen molar-refractivity contribution in [2.24, 2.45) is 0 Å². The Kier molecular flexibility index (Phi) is 2.79. The van der Waals surface area contributed by atoms with Crippen LogP contribution in [0.3, 0.4) is 0 Å². The molecule has 0 aliphatic rings. The van der Waals surface area contributed by atoms with Gasteiger partial charge in [0.25, 0.3) is 0 Å². The minimum Gasteiger partial charge on any atom is -0.381 e. The van der Waals surface area contributed by atoms with Gasteiger partial charge >= 0.3 is 5.69 Å². The highest BCUT2D eigenvalue weighted by molar-refractivity contribution is 5.78. The molecule has 0 radical (unpaired) electrons. The number of imidazole rings is 1. The largest absolute Gasteiger partial charge is 0.381 e. The number of aromatic amines is 2. The summed E-state index contributed by atoms with van der Waals surface area (Å²) in [4.78, 5) is 20.8. The van der Waals surface area contributed by atoms with Crippen molar-refractivity contribution < 1.29 is 0 Å². The Hall–Kier alpha value is -2.56. The van der Waals surface area contributed by atoms with Crippen LogP contribution in [0.2, 0.25) is 0 Å². The fraction of sp³-hybridized carbons (Fsp3) is 0.143. The van der Waals surface area contributed by atoms with Gasteiger partial charge in [0.15, 0.2) is 0 Å². The summed E-state index contributed by atoms with van der Waals surface area (Å²) in [6, 6.07) is 7.73. The molecule has 19 heavy (non-hydrogen) atoms. The molecule has 0 bridgehead atoms. The lowest BCUT2D eigenvalue weighted by Gasteiger charge is -2.08. The third-order valence-electron chi connectivity index (χ3n) is 3.15. The third kappa shape index (κ3) is 2.35. The number of aryl methyl sites for hydroxylation is 1. The molecule has 0 saturated carbocycles. The normalized spacial score (nSPS) is 10.8. The first-order chi connectivity index (χ1) is 9.22. The van der Waals surface area contributed by atoms with Crippen LogP contribution in [-0.4, -0.2) is 15.0 Å². The number of pyridine rings is 1. The van der Waals surface area contributed by atoms with Gasteiger partial charge in [-0.25, -0.2) is 4.79 Å². The monoisotopic (exact) mass is 254 g/mol. The summed E-state index contributed by atoms with van der Waals surface area (Å²) in [7, 11) is 0. The Balaban J connectivity index is 1.82. The molecule has 2 heterocycles. The van der Waals surface area contributed by atoms with Crippen molar-refractivity contribution in [1.82, 2.24) is 15.0 Å². The molecule has 5 heteroatoms. The predicted molar refractivity (Wildman–Crippen MR) is 75.2 cm³/mol. The van der Waals surface area contributed by atoms with Gasteiger partial charge in [-0.15, -0.1) is 0 Å². The van der Waals surface area contributed by atoms with Crippen molar-refractivity contribution in [2.75, 3.05) is 5.32 Å². The second-order valence-corrected chi connectivity index (χ2v) is 4.50. The van der Waals surface area contributed by atoms with Crippen molar-refractivity contribution in [3.8, 4) is 0 Å². The van der Waals surface area contributed by atoms with E-state index < -0.39 is 0 Å². The van der Waals surface area contributed by atoms with Gasteiger partial charge in [0, 0.05) is 24.6 Å². The molecule has 1 aromatic carbocycles. The van der Waals surface area contributed by atoms with Crippen molar-refractivity contribution in [3.63, 3.8) is 0 Å². The molecule has 0 aliphatic heterocycles. The number of hydrogen-bond donors (Lipinski definition) is 3. The molecule has 3 aromatic rings. The van der Waals surface area contributed by atoms with Crippen LogP contribution < -0.4 is 11.0 Å². The number of benzene rings is 1. The SMILES string of the molecule is Cc1ccncc1CNc1ccc2[nH]c(=O)[nH]c2c1. The molecule has 3 rings (SSSR count). The van der Waals surface area contributed by atoms with Crippen LogP contribution in [0.25, 0.3) is 11.0 Å². The van der Waals surface area contributed by atoms with Crippen LogP contribution in [0.5, 0.6) is 0 Å². The van der Waals surface area contributed by atoms with E-state index in [1.807, 2.05) is 30.5 Å². The van der Waals surface area contributed by atoms with Crippen LogP contribution in [0, 0.1) is 6.92 Å². The number of aromatic nitrogens is 3. The highest BCUT2D eigenvalue weighted by Crippen LogP contribution is 2.16. The summed E-state index contributed by atoms with van der Waals surface area (Å²) in [5.41, 5.74) is 4.76. The standard InChI is InChI=1S/C14H14N4O/c1-9-4-5-15-7-10(9)8-16-11-2-3-12-13(6-11)18-14(19)17-12/h2-7,16H,8H2,1H3,(H2,17,18,19). The minimum atomic E-state index is -0.185. The van der Waals surface area contributed by atoms with Crippen molar-refractivity contribution >= 4 is 16.7 Å². The number of nitrogens with zero attached hydrogens (tertiary/aromatic N) is 1. The van der Waals surface area contributed by atoms with Crippen LogP contribution in [-0.2, 0) is 6.54 Å². The van der Waals surface area contributed by atoms with Gasteiger partial charge in [-0.1, -0.05) is 0 Å². The summed E-state index contributed by atoms with van der Waals surface area (Å²) in [5, 5.41) is 3.33. The Morgan fingerprint density at radius 1 is 1.21 bits per heavy atom. The lowest BCUT2D eigenvalue weighted by atomic mass is 10.1. The molecular formula is C14H14N4O. The predicted octanol–water partition coefficient (Wildman–Crippen LogP) is 2.17. The Morgan fingerprint density at radius 3 is 2.89 bits per heavy atom. The molecule has 3 N–H and O–H groups in total. The highest BCUT2D eigenvalue weighted by Gasteiger charge is 2.01. The Labute approximate surface area is 109 Å². The van der Waals surface area contributed by atoms with E-state index in [0.29, 0.717) is 6.54 Å². The van der Waals surface area contributed by atoms with Crippen molar-refractivity contribution in [2.45, 2.75) is 13.5 Å². The first kappa shape index (κ1) is 11.5. The first-order valence-electron chi connectivity index (χ1n) is 6.08. The van der Waals surface area contributed by atoms with Crippen LogP contribution in [0.1, 0.15) is 11.1 Å². The van der Waals surface area contributed by atoms with Crippen molar-refractivity contribution in [3.05, 3.63) is 58.3 Å². The fourth-order valence-corrected chi connectivity index (χ4v) is 2.02. The van der Waals surface area contributed by atoms with E-state index in [1.165, 1.54) is 5.56 Å². The molecular weight excluding hydrogens is 240 g/mol. The van der Waals surface area contributed by atoms with Gasteiger partial charge in [0.1, 0.15) is 0 Å². The van der Waals surface area contributed by atoms with Crippen LogP contribution in [0.15, 0.2) is 41.5 Å². The zero-order valence-electron chi connectivity index (χ0n) is 10.5. The number of hydrogen-bond acceptors (Lipinski definition) is 3. The van der Waals surface area contributed by atoms with E-state index in [2.05, 4.69) is 27.2 Å². The second-order valence-electron chi connectivity index (χ2n) is 4.50. The smallest absolute Gasteiger partial charge is 0.323 e. The van der Waals surface area contributed by atoms with Crippen LogP contribution >= 0.6 is 0 Å². The van der Waals surface area contributed by atoms with E-state index in [4.69, 9.17) is 0 Å². The average molecular weight is 254 g/mol. The van der Waals surface area contributed by atoms with Gasteiger partial charge in [0.2, 0.25) is 0 Å². The first-order valence-corrected chi connectivity index (χ1v) is 6.08. The number of fused-ring (bicyclic) bond motifs is 1. The Morgan fingerprint density at radius 2 is 2.05 bits per heavy atom. The summed E-state index contributed by atoms with van der Waals surface area (Å²) in [6.45, 7) is 2.77. The molecule has 0 saturated heterocycles. The molecule has 0 atom stereocenters. The number of anilines is 1. The highest BCUT2D eigenvalue weighted by atomic mass is 16.1. The lowest BCUT2D eigenvalue weighted by Crippen LogP contribution is -2.01. The van der Waals surface area contributed by atoms with E-state index in [9.17, 15) is 4.79 Å². The molecule has 0 unspecified atom stereocenters. The topological polar surface area (TPSA) is 73.6 Å². The summed E-state index contributed by atoms with van der Waals surface area (Å²) in [6.07, 6.45) is 3.65. The molecule has 0 fully saturated rings. The van der Waals surface area contributed by atoms with Gasteiger partial charge in [0.05, 0.1) is 11.0 Å². The molecule has 0 spiro atoms. The maximum Gasteiger partial charge on any atom is 0.323 e. The summed E-state index contributed by atoms with van der Waals surface area (Å²) >= 11 is 0. The average Bonchev–Trinajstić information content (AvgIpc) is 2.77. The summed E-state index contributed by atoms with van der Waals surface area (Å²) in [5.74, 6) is 0. The van der Waals surface area contributed by atoms with Gasteiger partial charge in [-0.2, -0.15) is 0 Å². The quantitative estimate of drug-likeness (QED) is 0.670. The maximum absolute atomic E-state index is 11.2. The van der Waals surface area contributed by atoms with Gasteiger partial charge in [-0.05, 0) is 42.3 Å². The maximum atomic E-state index is 11.2. The molecule has 2 aromatic heterocycles. The zero-order valence-corrected chi connectivity index (χ0v) is 10.5. The molecule has 5 nitrogen and oxygen atoms in total. The van der Waals surface area contributed by atoms with Gasteiger partial charge in [-0.3, -0.25) is 4.98 Å². The van der Waals surface area contributed by atoms with E-state index in [0.717, 1.165) is 22.3 Å². The fourth-order valence-electron chi connectivity index (χ4n) is 2.02. The summed E-state index contributed by atoms with van der Waals surface area (Å²) < 4.78 is 0. The number of H-pyrrole nitrogens is 2. The minimum absolute atomic E-state index is 0.185. The second kappa shape index (κ2) is 4.61. The molecule has 0 aliphatic carbocycles. The lowest BCUT2D eigenvalue weighted by molar-refractivity contribution is 1.08. The van der Waals surface area contributed by atoms with Gasteiger partial charge < -0.3 is 15.3 Å². The van der Waals surface area contributed by atoms with Crippen LogP contribution in [0.4, 0.5) is 5.69 Å². The molecule has 96 valence electrons. The van der Waals surface area contributed by atoms with E-state index >= 15 is 0 Å². The number of rotatable bonds is 3. The van der Waals surface area contributed by atoms with E-state index in [1.54, 1.807) is 6.20 Å². The number of nitrogens with one attached hydrogen (secondary N) is 3. The zero-order chi connectivity index (χ0) is 13.2. The third-order valence-corrected chi connectivity index (χ3v) is 3.15. The molecule has 0 amide bonds. The van der Waals surface area contributed by atoms with Crippen molar-refractivity contribution in [1.29, 1.82) is 0 Å². The Bertz CT molecular complexity index is 772. The van der Waals surface area contributed by atoms with E-state index in [-0.39, 0.29) is 5.69 Å².